The summed E-state index contributed by atoms with van der Waals surface area (Å²) >= 11 is 0. The number of hydrogen-bond donors (Lipinski definition) is 0. The van der Waals surface area contributed by atoms with E-state index < -0.39 is 0 Å². The van der Waals surface area contributed by atoms with Crippen LogP contribution in [0.4, 0.5) is 0 Å². The van der Waals surface area contributed by atoms with Gasteiger partial charge in [0, 0.05) is 32.6 Å². The molecule has 0 aliphatic heterocycles. The van der Waals surface area contributed by atoms with Crippen LogP contribution in [0.1, 0.15) is 291 Å². The number of rotatable bonds is 66. The summed E-state index contributed by atoms with van der Waals surface area (Å²) < 4.78 is 52.6. The van der Waals surface area contributed by atoms with Gasteiger partial charge in [0.25, 0.3) is 0 Å². The molecule has 0 aromatic carbocycles. The van der Waals surface area contributed by atoms with E-state index in [0.29, 0.717) is 98.5 Å². The van der Waals surface area contributed by atoms with Crippen molar-refractivity contribution in [3.05, 3.63) is 0 Å². The topological polar surface area (TPSA) is 138 Å². The Morgan fingerprint density at radius 3 is 1.01 bits per heavy atom. The molecule has 0 aliphatic rings. The molecule has 13 heteroatoms. The van der Waals surface area contributed by atoms with E-state index in [2.05, 4.69) is 27.7 Å². The second-order valence-electron chi connectivity index (χ2n) is 22.7. The highest BCUT2D eigenvalue weighted by Gasteiger charge is 2.17. The van der Waals surface area contributed by atoms with Crippen molar-refractivity contribution in [2.24, 2.45) is 0 Å². The van der Waals surface area contributed by atoms with Gasteiger partial charge in [0.2, 0.25) is 0 Å². The fraction of sp³-hybridized carbons (Fsp3) is 0.955. The lowest BCUT2D eigenvalue weighted by Gasteiger charge is -2.19. The van der Waals surface area contributed by atoms with E-state index in [-0.39, 0.29) is 42.8 Å². The third-order valence-corrected chi connectivity index (χ3v) is 14.6. The van der Waals surface area contributed by atoms with Crippen LogP contribution in [0.5, 0.6) is 0 Å². The zero-order valence-corrected chi connectivity index (χ0v) is 52.8. The van der Waals surface area contributed by atoms with Gasteiger partial charge in [0.1, 0.15) is 24.9 Å². The van der Waals surface area contributed by atoms with Crippen molar-refractivity contribution in [2.45, 2.75) is 309 Å². The summed E-state index contributed by atoms with van der Waals surface area (Å²) in [6.07, 6.45) is 45.7. The van der Waals surface area contributed by atoms with E-state index in [1.165, 1.54) is 128 Å². The van der Waals surface area contributed by atoms with Gasteiger partial charge in [0.15, 0.2) is 0 Å². The van der Waals surface area contributed by atoms with Crippen molar-refractivity contribution in [1.29, 1.82) is 0 Å². The zero-order valence-electron chi connectivity index (χ0n) is 52.8. The summed E-state index contributed by atoms with van der Waals surface area (Å²) in [5.41, 5.74) is 0. The molecule has 470 valence electrons. The van der Waals surface area contributed by atoms with Gasteiger partial charge in [-0.05, 0) is 91.1 Å². The van der Waals surface area contributed by atoms with Gasteiger partial charge in [-0.2, -0.15) is 0 Å². The largest absolute Gasteiger partial charge is 0.463 e. The van der Waals surface area contributed by atoms with Gasteiger partial charge in [-0.1, -0.05) is 195 Å². The Kier molecular flexibility index (Phi) is 62.2. The van der Waals surface area contributed by atoms with E-state index in [4.69, 9.17) is 42.6 Å². The Morgan fingerprint density at radius 1 is 0.304 bits per heavy atom. The van der Waals surface area contributed by atoms with Crippen LogP contribution in [0.3, 0.4) is 0 Å². The Labute approximate surface area is 487 Å². The number of ether oxygens (including phenoxy) is 9. The van der Waals surface area contributed by atoms with Gasteiger partial charge >= 0.3 is 17.9 Å². The zero-order chi connectivity index (χ0) is 57.6. The Balaban J connectivity index is 4.69. The average Bonchev–Trinajstić information content (AvgIpc) is 3.43. The Morgan fingerprint density at radius 2 is 0.620 bits per heavy atom. The maximum absolute atomic E-state index is 12.9. The molecule has 0 heterocycles. The minimum Gasteiger partial charge on any atom is -0.463 e. The first-order chi connectivity index (χ1) is 38.7. The van der Waals surface area contributed by atoms with E-state index in [0.717, 1.165) is 116 Å². The van der Waals surface area contributed by atoms with Crippen LogP contribution in [-0.2, 0) is 57.0 Å². The second-order valence-corrected chi connectivity index (χ2v) is 22.7. The van der Waals surface area contributed by atoms with Gasteiger partial charge < -0.3 is 47.5 Å². The summed E-state index contributed by atoms with van der Waals surface area (Å²) in [5, 5.41) is 0. The van der Waals surface area contributed by atoms with Crippen LogP contribution in [0.15, 0.2) is 0 Å². The molecule has 13 nitrogen and oxygen atoms in total. The number of hydrogen-bond acceptors (Lipinski definition) is 13. The predicted octanol–water partition coefficient (Wildman–Crippen LogP) is 16.5. The maximum Gasteiger partial charge on any atom is 0.307 e. The standard InChI is InChI=1S/C66H129NO12/c1-7-11-15-19-25-33-41-61(42-34-26-20-16-12-8-2)78-65(69)45-37-29-23-31-39-49-74-59-63(60-75-56-55-72-52-51-71-53-54-73-57-58-77-64(68)47-48-67(5)6)76-50-40-32-24-30-38-46-66(70)79-62(43-35-27-21-17-13-9-3)44-36-28-22-18-14-10-4/h61-63H,7-60H2,1-6H3. The Hall–Kier alpha value is -1.87. The fourth-order valence-corrected chi connectivity index (χ4v) is 9.61. The molecule has 0 bridgehead atoms. The lowest BCUT2D eigenvalue weighted by molar-refractivity contribution is -0.151. The lowest BCUT2D eigenvalue weighted by Crippen LogP contribution is -2.27. The van der Waals surface area contributed by atoms with Gasteiger partial charge in [-0.25, -0.2) is 0 Å². The van der Waals surface area contributed by atoms with Crippen molar-refractivity contribution < 1.29 is 57.0 Å². The average molecular weight is 1130 g/mol. The molecule has 0 rings (SSSR count). The number of esters is 3. The molecule has 0 amide bonds. The predicted molar refractivity (Wildman–Crippen MR) is 325 cm³/mol. The number of carbonyl (C=O) groups excluding carboxylic acids is 3. The summed E-state index contributed by atoms with van der Waals surface area (Å²) in [4.78, 5) is 39.4. The smallest absolute Gasteiger partial charge is 0.307 e. The van der Waals surface area contributed by atoms with E-state index in [1.54, 1.807) is 0 Å². The quantitative estimate of drug-likeness (QED) is 0.0325. The minimum atomic E-state index is -0.216. The second kappa shape index (κ2) is 63.7. The molecule has 0 aromatic heterocycles. The summed E-state index contributed by atoms with van der Waals surface area (Å²) in [6, 6.07) is 0. The van der Waals surface area contributed by atoms with E-state index >= 15 is 0 Å². The van der Waals surface area contributed by atoms with Gasteiger partial charge in [-0.3, -0.25) is 14.4 Å². The highest BCUT2D eigenvalue weighted by Crippen LogP contribution is 2.20. The van der Waals surface area contributed by atoms with Crippen LogP contribution in [0.25, 0.3) is 0 Å². The molecule has 0 radical (unpaired) electrons. The first-order valence-electron chi connectivity index (χ1n) is 33.4. The molecule has 0 saturated carbocycles. The van der Waals surface area contributed by atoms with Crippen LogP contribution in [0, 0.1) is 0 Å². The van der Waals surface area contributed by atoms with Crippen LogP contribution >= 0.6 is 0 Å². The molecular formula is C66H129NO12. The molecule has 0 saturated heterocycles. The summed E-state index contributed by atoms with van der Waals surface area (Å²) in [7, 11) is 3.85. The van der Waals surface area contributed by atoms with Crippen molar-refractivity contribution in [2.75, 3.05) is 99.9 Å². The molecule has 0 aromatic rings. The van der Waals surface area contributed by atoms with Gasteiger partial charge in [-0.15, -0.1) is 0 Å². The molecule has 0 fully saturated rings. The summed E-state index contributed by atoms with van der Waals surface area (Å²) in [5.74, 6) is -0.248. The SMILES string of the molecule is CCCCCCCCC(CCCCCCCC)OC(=O)CCCCCCCOCC(COCCOCCOCCOCCOC(=O)CCN(C)C)OCCCCCCCC(=O)OC(CCCCCCCC)CCCCCCCC. The van der Waals surface area contributed by atoms with Crippen molar-refractivity contribution in [3.63, 3.8) is 0 Å². The lowest BCUT2D eigenvalue weighted by atomic mass is 10.0. The fourth-order valence-electron chi connectivity index (χ4n) is 9.61. The van der Waals surface area contributed by atoms with Crippen LogP contribution in [-0.4, -0.2) is 141 Å². The van der Waals surface area contributed by atoms with Crippen LogP contribution in [0.2, 0.25) is 0 Å². The molecule has 1 unspecified atom stereocenters. The molecule has 0 spiro atoms. The van der Waals surface area contributed by atoms with Crippen molar-refractivity contribution in [1.82, 2.24) is 4.90 Å². The first-order valence-corrected chi connectivity index (χ1v) is 33.4. The molecule has 79 heavy (non-hydrogen) atoms. The first kappa shape index (κ1) is 77.1. The summed E-state index contributed by atoms with van der Waals surface area (Å²) in [6.45, 7) is 15.2. The van der Waals surface area contributed by atoms with E-state index in [9.17, 15) is 14.4 Å². The third kappa shape index (κ3) is 60.5. The number of nitrogens with zero attached hydrogens (tertiary/aromatic N) is 1. The Bertz CT molecular complexity index is 1230. The maximum atomic E-state index is 12.9. The minimum absolute atomic E-state index is 0.0142. The normalized spacial score (nSPS) is 12.1. The van der Waals surface area contributed by atoms with Crippen molar-refractivity contribution in [3.8, 4) is 0 Å². The highest BCUT2D eigenvalue weighted by atomic mass is 16.6. The molecule has 0 N–H and O–H groups in total. The monoisotopic (exact) mass is 1130 g/mol. The number of carbonyl (C=O) groups is 3. The van der Waals surface area contributed by atoms with Crippen LogP contribution < -0.4 is 0 Å². The number of unbranched alkanes of at least 4 members (excludes halogenated alkanes) is 28. The van der Waals surface area contributed by atoms with E-state index in [1.807, 2.05) is 19.0 Å². The molecule has 0 aliphatic carbocycles. The van der Waals surface area contributed by atoms with Gasteiger partial charge in [0.05, 0.1) is 65.9 Å². The third-order valence-electron chi connectivity index (χ3n) is 14.6. The molecular weight excluding hydrogens is 999 g/mol. The van der Waals surface area contributed by atoms with Crippen molar-refractivity contribution >= 4 is 17.9 Å². The highest BCUT2D eigenvalue weighted by molar-refractivity contribution is 5.70. The molecule has 1 atom stereocenters.